The summed E-state index contributed by atoms with van der Waals surface area (Å²) in [6, 6.07) is 5.73. The Hall–Kier alpha value is -1.37. The van der Waals surface area contributed by atoms with Gasteiger partial charge in [-0.15, -0.1) is 11.8 Å². The van der Waals surface area contributed by atoms with Crippen LogP contribution in [0.2, 0.25) is 0 Å². The van der Waals surface area contributed by atoms with Crippen LogP contribution in [-0.2, 0) is 10.5 Å². The average Bonchev–Trinajstić information content (AvgIpc) is 3.00. The molecule has 0 radical (unpaired) electrons. The molecule has 0 saturated carbocycles. The number of aromatic nitrogens is 1. The van der Waals surface area contributed by atoms with E-state index in [-0.39, 0.29) is 12.5 Å². The van der Waals surface area contributed by atoms with E-state index < -0.39 is 6.10 Å². The van der Waals surface area contributed by atoms with E-state index >= 15 is 0 Å². The van der Waals surface area contributed by atoms with E-state index in [2.05, 4.69) is 10.3 Å². The second-order valence-electron chi connectivity index (χ2n) is 4.23. The minimum absolute atomic E-state index is 0.0619. The van der Waals surface area contributed by atoms with Gasteiger partial charge in [0.05, 0.1) is 11.9 Å². The van der Waals surface area contributed by atoms with Gasteiger partial charge in [-0.2, -0.15) is 11.3 Å². The van der Waals surface area contributed by atoms with Crippen molar-refractivity contribution in [3.05, 3.63) is 52.5 Å². The Labute approximate surface area is 126 Å². The normalized spacial score (nSPS) is 12.1. The van der Waals surface area contributed by atoms with E-state index in [0.717, 1.165) is 16.9 Å². The second kappa shape index (κ2) is 8.04. The standard InChI is InChI=1S/C14H16N2O2S2/c17-13(12-3-5-19-9-12)7-16-14(18)10-20-8-11-2-1-4-15-6-11/h1-6,9,13,17H,7-8,10H2,(H,16,18). The van der Waals surface area contributed by atoms with E-state index in [1.165, 1.54) is 23.1 Å². The van der Waals surface area contributed by atoms with Gasteiger partial charge < -0.3 is 10.4 Å². The topological polar surface area (TPSA) is 62.2 Å². The monoisotopic (exact) mass is 308 g/mol. The summed E-state index contributed by atoms with van der Waals surface area (Å²) in [6.07, 6.45) is 2.89. The average molecular weight is 308 g/mol. The molecule has 0 aromatic carbocycles. The second-order valence-corrected chi connectivity index (χ2v) is 6.00. The zero-order chi connectivity index (χ0) is 14.2. The van der Waals surface area contributed by atoms with Crippen molar-refractivity contribution in [1.29, 1.82) is 0 Å². The van der Waals surface area contributed by atoms with Crippen LogP contribution in [0.3, 0.4) is 0 Å². The molecule has 0 aliphatic heterocycles. The zero-order valence-electron chi connectivity index (χ0n) is 10.9. The van der Waals surface area contributed by atoms with E-state index in [9.17, 15) is 9.90 Å². The van der Waals surface area contributed by atoms with Gasteiger partial charge in [-0.1, -0.05) is 6.07 Å². The summed E-state index contributed by atoms with van der Waals surface area (Å²) in [7, 11) is 0. The van der Waals surface area contributed by atoms with Crippen LogP contribution in [0.4, 0.5) is 0 Å². The van der Waals surface area contributed by atoms with Crippen LogP contribution < -0.4 is 5.32 Å². The van der Waals surface area contributed by atoms with Gasteiger partial charge in [0.1, 0.15) is 0 Å². The van der Waals surface area contributed by atoms with Crippen LogP contribution in [0.15, 0.2) is 41.4 Å². The molecule has 4 nitrogen and oxygen atoms in total. The Bertz CT molecular complexity index is 517. The fourth-order valence-electron chi connectivity index (χ4n) is 1.59. The number of thioether (sulfide) groups is 1. The maximum Gasteiger partial charge on any atom is 0.230 e. The molecule has 2 N–H and O–H groups in total. The van der Waals surface area contributed by atoms with Crippen LogP contribution >= 0.6 is 23.1 Å². The molecule has 2 heterocycles. The van der Waals surface area contributed by atoms with E-state index in [1.807, 2.05) is 29.0 Å². The van der Waals surface area contributed by atoms with Crippen molar-refractivity contribution in [3.63, 3.8) is 0 Å². The van der Waals surface area contributed by atoms with Gasteiger partial charge in [-0.3, -0.25) is 9.78 Å². The Kier molecular flexibility index (Phi) is 6.04. The van der Waals surface area contributed by atoms with Crippen LogP contribution in [0.1, 0.15) is 17.2 Å². The van der Waals surface area contributed by atoms with Crippen molar-refractivity contribution in [3.8, 4) is 0 Å². The molecule has 0 aliphatic rings. The van der Waals surface area contributed by atoms with E-state index in [1.54, 1.807) is 12.4 Å². The summed E-state index contributed by atoms with van der Waals surface area (Å²) in [4.78, 5) is 15.7. The number of carbonyl (C=O) groups is 1. The highest BCUT2D eigenvalue weighted by Gasteiger charge is 2.09. The number of aliphatic hydroxyl groups is 1. The highest BCUT2D eigenvalue weighted by atomic mass is 32.2. The van der Waals surface area contributed by atoms with Crippen LogP contribution in [0.25, 0.3) is 0 Å². The van der Waals surface area contributed by atoms with Gasteiger partial charge in [0, 0.05) is 24.7 Å². The van der Waals surface area contributed by atoms with Gasteiger partial charge >= 0.3 is 0 Å². The van der Waals surface area contributed by atoms with E-state index in [4.69, 9.17) is 0 Å². The first-order chi connectivity index (χ1) is 9.75. The third kappa shape index (κ3) is 4.96. The number of nitrogens with zero attached hydrogens (tertiary/aromatic N) is 1. The summed E-state index contributed by atoms with van der Waals surface area (Å²) in [5, 5.41) is 16.4. The lowest BCUT2D eigenvalue weighted by molar-refractivity contribution is -0.119. The number of hydrogen-bond acceptors (Lipinski definition) is 5. The third-order valence-corrected chi connectivity index (χ3v) is 4.35. The maximum absolute atomic E-state index is 11.7. The number of thiophene rings is 1. The number of nitrogens with one attached hydrogen (secondary N) is 1. The molecule has 2 aromatic rings. The van der Waals surface area contributed by atoms with E-state index in [0.29, 0.717) is 5.75 Å². The van der Waals surface area contributed by atoms with Gasteiger partial charge in [0.15, 0.2) is 0 Å². The van der Waals surface area contributed by atoms with Gasteiger partial charge in [0.2, 0.25) is 5.91 Å². The van der Waals surface area contributed by atoms with Crippen molar-refractivity contribution in [2.24, 2.45) is 0 Å². The fourth-order valence-corrected chi connectivity index (χ4v) is 3.09. The highest BCUT2D eigenvalue weighted by molar-refractivity contribution is 7.99. The van der Waals surface area contributed by atoms with Crippen molar-refractivity contribution in [1.82, 2.24) is 10.3 Å². The number of amides is 1. The zero-order valence-corrected chi connectivity index (χ0v) is 12.5. The van der Waals surface area contributed by atoms with Gasteiger partial charge in [0.25, 0.3) is 0 Å². The first-order valence-electron chi connectivity index (χ1n) is 6.19. The van der Waals surface area contributed by atoms with Gasteiger partial charge in [-0.05, 0) is 34.0 Å². The molecule has 1 amide bonds. The predicted molar refractivity (Wildman–Crippen MR) is 82.7 cm³/mol. The van der Waals surface area contributed by atoms with Crippen LogP contribution in [-0.4, -0.2) is 28.3 Å². The lowest BCUT2D eigenvalue weighted by atomic mass is 10.2. The summed E-state index contributed by atoms with van der Waals surface area (Å²) in [5.74, 6) is 1.08. The minimum atomic E-state index is -0.631. The van der Waals surface area contributed by atoms with Gasteiger partial charge in [-0.25, -0.2) is 0 Å². The maximum atomic E-state index is 11.7. The molecule has 0 fully saturated rings. The fraction of sp³-hybridized carbons (Fsp3) is 0.286. The molecule has 20 heavy (non-hydrogen) atoms. The Morgan fingerprint density at radius 1 is 1.50 bits per heavy atom. The molecular formula is C14H16N2O2S2. The SMILES string of the molecule is O=C(CSCc1cccnc1)NCC(O)c1ccsc1. The lowest BCUT2D eigenvalue weighted by Gasteiger charge is -2.10. The molecule has 2 aromatic heterocycles. The van der Waals surface area contributed by atoms with Crippen LogP contribution in [0.5, 0.6) is 0 Å². The number of rotatable bonds is 7. The first kappa shape index (κ1) is 15.0. The predicted octanol–water partition coefficient (Wildman–Crippen LogP) is 2.23. The lowest BCUT2D eigenvalue weighted by Crippen LogP contribution is -2.29. The molecular weight excluding hydrogens is 292 g/mol. The Morgan fingerprint density at radius 2 is 2.40 bits per heavy atom. The van der Waals surface area contributed by atoms with Crippen molar-refractivity contribution in [2.45, 2.75) is 11.9 Å². The quantitative estimate of drug-likeness (QED) is 0.823. The molecule has 0 saturated heterocycles. The molecule has 2 rings (SSSR count). The molecule has 1 unspecified atom stereocenters. The van der Waals surface area contributed by atoms with Crippen LogP contribution in [0, 0.1) is 0 Å². The molecule has 6 heteroatoms. The Balaban J connectivity index is 1.63. The first-order valence-corrected chi connectivity index (χ1v) is 8.29. The number of hydrogen-bond donors (Lipinski definition) is 2. The number of aliphatic hydroxyl groups excluding tert-OH is 1. The molecule has 0 bridgehead atoms. The molecule has 106 valence electrons. The number of pyridine rings is 1. The molecule has 1 atom stereocenters. The van der Waals surface area contributed by atoms with Crippen molar-refractivity contribution >= 4 is 29.0 Å². The van der Waals surface area contributed by atoms with Crippen molar-refractivity contribution in [2.75, 3.05) is 12.3 Å². The summed E-state index contributed by atoms with van der Waals surface area (Å²) < 4.78 is 0. The summed E-state index contributed by atoms with van der Waals surface area (Å²) in [5.41, 5.74) is 1.95. The summed E-state index contributed by atoms with van der Waals surface area (Å²) >= 11 is 3.06. The molecule has 0 aliphatic carbocycles. The Morgan fingerprint density at radius 3 is 3.10 bits per heavy atom. The number of carbonyl (C=O) groups excluding carboxylic acids is 1. The third-order valence-electron chi connectivity index (χ3n) is 2.65. The summed E-state index contributed by atoms with van der Waals surface area (Å²) in [6.45, 7) is 0.253. The molecule has 0 spiro atoms. The minimum Gasteiger partial charge on any atom is -0.387 e. The highest BCUT2D eigenvalue weighted by Crippen LogP contribution is 2.15. The van der Waals surface area contributed by atoms with Crippen molar-refractivity contribution < 1.29 is 9.90 Å². The smallest absolute Gasteiger partial charge is 0.230 e. The largest absolute Gasteiger partial charge is 0.387 e.